The fourth-order valence-electron chi connectivity index (χ4n) is 4.38. The molecule has 1 aromatic carbocycles. The van der Waals surface area contributed by atoms with Gasteiger partial charge in [0.15, 0.2) is 23.2 Å². The number of anilines is 1. The maximum atomic E-state index is 13.3. The molecule has 3 aromatic rings. The van der Waals surface area contributed by atoms with E-state index in [9.17, 15) is 19.8 Å². The number of imidazole rings is 1. The van der Waals surface area contributed by atoms with Crippen molar-refractivity contribution < 1.29 is 29.3 Å². The van der Waals surface area contributed by atoms with Crippen LogP contribution < -0.4 is 20.3 Å². The van der Waals surface area contributed by atoms with Crippen LogP contribution in [-0.2, 0) is 20.7 Å². The number of aromatic nitrogens is 4. The second-order valence-corrected chi connectivity index (χ2v) is 8.99. The van der Waals surface area contributed by atoms with Crippen molar-refractivity contribution in [2.24, 2.45) is 0 Å². The van der Waals surface area contributed by atoms with Crippen LogP contribution in [0.25, 0.3) is 11.2 Å². The molecular formula is C24H31N7O6. The van der Waals surface area contributed by atoms with Crippen LogP contribution >= 0.6 is 0 Å². The molecule has 198 valence electrons. The lowest BCUT2D eigenvalue weighted by Gasteiger charge is -2.24. The second-order valence-electron chi connectivity index (χ2n) is 8.99. The topological polar surface area (TPSA) is 164 Å². The van der Waals surface area contributed by atoms with E-state index in [0.29, 0.717) is 22.7 Å². The molecule has 13 heteroatoms. The highest BCUT2D eigenvalue weighted by Gasteiger charge is 2.46. The van der Waals surface area contributed by atoms with Crippen molar-refractivity contribution >= 4 is 28.8 Å². The van der Waals surface area contributed by atoms with Crippen molar-refractivity contribution in [2.45, 2.75) is 43.9 Å². The summed E-state index contributed by atoms with van der Waals surface area (Å²) in [5.74, 6) is 0.360. The molecule has 4 rings (SSSR count). The van der Waals surface area contributed by atoms with Crippen LogP contribution in [0.2, 0.25) is 0 Å². The van der Waals surface area contributed by atoms with E-state index in [2.05, 4.69) is 25.6 Å². The number of carbonyl (C=O) groups is 2. The third-order valence-electron chi connectivity index (χ3n) is 6.19. The van der Waals surface area contributed by atoms with E-state index in [1.54, 1.807) is 40.8 Å². The van der Waals surface area contributed by atoms with E-state index in [1.165, 1.54) is 19.6 Å². The fourth-order valence-corrected chi connectivity index (χ4v) is 4.38. The first kappa shape index (κ1) is 26.3. The van der Waals surface area contributed by atoms with Gasteiger partial charge in [0.2, 0.25) is 11.8 Å². The van der Waals surface area contributed by atoms with E-state index < -0.39 is 43.0 Å². The summed E-state index contributed by atoms with van der Waals surface area (Å²) in [5, 5.41) is 26.5. The average Bonchev–Trinajstić information content (AvgIpc) is 3.44. The van der Waals surface area contributed by atoms with Gasteiger partial charge in [0, 0.05) is 27.4 Å². The van der Waals surface area contributed by atoms with Gasteiger partial charge in [0.05, 0.1) is 26.1 Å². The molecule has 1 aliphatic rings. The highest BCUT2D eigenvalue weighted by atomic mass is 16.5. The second kappa shape index (κ2) is 11.1. The van der Waals surface area contributed by atoms with Gasteiger partial charge in [-0.1, -0.05) is 12.1 Å². The van der Waals surface area contributed by atoms with Crippen molar-refractivity contribution in [1.29, 1.82) is 0 Å². The number of nitrogens with one attached hydrogen (secondary N) is 2. The van der Waals surface area contributed by atoms with Gasteiger partial charge < -0.3 is 35.2 Å². The maximum absolute atomic E-state index is 13.3. The van der Waals surface area contributed by atoms with Crippen LogP contribution in [0, 0.1) is 0 Å². The number of hydrogen-bond acceptors (Lipinski definition) is 10. The zero-order valence-corrected chi connectivity index (χ0v) is 21.0. The number of carbonyl (C=O) groups excluding carboxylic acids is 2. The van der Waals surface area contributed by atoms with E-state index in [4.69, 9.17) is 9.47 Å². The third-order valence-corrected chi connectivity index (χ3v) is 6.19. The summed E-state index contributed by atoms with van der Waals surface area (Å²) in [6, 6.07) is 5.26. The minimum absolute atomic E-state index is 0.211. The molecule has 0 radical (unpaired) electrons. The standard InChI is InChI=1S/C24H31N7O6/c1-13(33)28-16(9-14-5-7-15(36-4)8-6-14)23(35)29-18-17(10-32)37-24(20(18)34)31-12-27-19-21(30(2)3)25-11-26-22(19)31/h5-8,11-12,16-18,20,24,32,34H,9-10H2,1-4H3,(H,28,33)(H,29,35)/t16?,17-,18?,20-,24-/m1/s1. The van der Waals surface area contributed by atoms with Crippen molar-refractivity contribution in [1.82, 2.24) is 30.2 Å². The van der Waals surface area contributed by atoms with E-state index >= 15 is 0 Å². The molecule has 2 aromatic heterocycles. The van der Waals surface area contributed by atoms with Gasteiger partial charge >= 0.3 is 0 Å². The minimum atomic E-state index is -1.24. The lowest BCUT2D eigenvalue weighted by Crippen LogP contribution is -2.55. The Morgan fingerprint density at radius 1 is 1.22 bits per heavy atom. The van der Waals surface area contributed by atoms with Crippen LogP contribution in [0.5, 0.6) is 5.75 Å². The molecule has 0 saturated carbocycles. The molecule has 0 aliphatic carbocycles. The van der Waals surface area contributed by atoms with Crippen molar-refractivity contribution in [3.8, 4) is 5.75 Å². The highest BCUT2D eigenvalue weighted by molar-refractivity contribution is 5.87. The molecule has 5 atom stereocenters. The molecule has 1 aliphatic heterocycles. The zero-order valence-electron chi connectivity index (χ0n) is 21.0. The number of methoxy groups -OCH3 is 1. The first-order valence-electron chi connectivity index (χ1n) is 11.7. The number of aliphatic hydroxyl groups excluding tert-OH is 2. The largest absolute Gasteiger partial charge is 0.497 e. The Bertz CT molecular complexity index is 1250. The van der Waals surface area contributed by atoms with Crippen molar-refractivity contribution in [3.05, 3.63) is 42.5 Å². The molecule has 1 fully saturated rings. The van der Waals surface area contributed by atoms with Gasteiger partial charge in [0.1, 0.15) is 30.3 Å². The molecule has 0 spiro atoms. The SMILES string of the molecule is COc1ccc(CC(NC(C)=O)C(=O)NC2[C@@H](O)[C@H](n3cnc4c(N(C)C)ncnc43)O[C@@H]2CO)cc1. The van der Waals surface area contributed by atoms with Crippen molar-refractivity contribution in [3.63, 3.8) is 0 Å². The summed E-state index contributed by atoms with van der Waals surface area (Å²) in [4.78, 5) is 39.8. The first-order valence-corrected chi connectivity index (χ1v) is 11.7. The van der Waals surface area contributed by atoms with E-state index in [-0.39, 0.29) is 12.3 Å². The Morgan fingerprint density at radius 2 is 1.95 bits per heavy atom. The molecule has 37 heavy (non-hydrogen) atoms. The molecule has 13 nitrogen and oxygen atoms in total. The number of ether oxygens (including phenoxy) is 2. The summed E-state index contributed by atoms with van der Waals surface area (Å²) in [7, 11) is 5.21. The maximum Gasteiger partial charge on any atom is 0.243 e. The Hall–Kier alpha value is -3.81. The average molecular weight is 514 g/mol. The number of benzene rings is 1. The summed E-state index contributed by atoms with van der Waals surface area (Å²) in [5.41, 5.74) is 1.75. The smallest absolute Gasteiger partial charge is 0.243 e. The number of hydrogen-bond donors (Lipinski definition) is 4. The summed E-state index contributed by atoms with van der Waals surface area (Å²) in [6.07, 6.45) is -0.0494. The quantitative estimate of drug-likeness (QED) is 0.290. The predicted octanol–water partition coefficient (Wildman–Crippen LogP) is -0.616. The van der Waals surface area contributed by atoms with Crippen LogP contribution in [0.4, 0.5) is 5.82 Å². The number of rotatable bonds is 9. The Labute approximate surface area is 213 Å². The normalized spacial score (nSPS) is 22.0. The summed E-state index contributed by atoms with van der Waals surface area (Å²) < 4.78 is 12.6. The number of aliphatic hydroxyl groups is 2. The number of fused-ring (bicyclic) bond motifs is 1. The lowest BCUT2D eigenvalue weighted by atomic mass is 10.0. The van der Waals surface area contributed by atoms with Crippen LogP contribution in [0.1, 0.15) is 18.7 Å². The number of amides is 2. The number of nitrogens with zero attached hydrogens (tertiary/aromatic N) is 5. The van der Waals surface area contributed by atoms with Gasteiger partial charge in [-0.25, -0.2) is 15.0 Å². The fraction of sp³-hybridized carbons (Fsp3) is 0.458. The molecule has 2 unspecified atom stereocenters. The van der Waals surface area contributed by atoms with Crippen LogP contribution in [0.15, 0.2) is 36.9 Å². The third kappa shape index (κ3) is 5.48. The molecule has 0 bridgehead atoms. The summed E-state index contributed by atoms with van der Waals surface area (Å²) >= 11 is 0. The van der Waals surface area contributed by atoms with Gasteiger partial charge in [-0.3, -0.25) is 14.2 Å². The first-order chi connectivity index (χ1) is 17.7. The van der Waals surface area contributed by atoms with Crippen LogP contribution in [0.3, 0.4) is 0 Å². The Balaban J connectivity index is 1.54. The van der Waals surface area contributed by atoms with Crippen LogP contribution in [-0.4, -0.2) is 93.7 Å². The Morgan fingerprint density at radius 3 is 2.57 bits per heavy atom. The highest BCUT2D eigenvalue weighted by Crippen LogP contribution is 2.32. The zero-order chi connectivity index (χ0) is 26.7. The van der Waals surface area contributed by atoms with Gasteiger partial charge in [-0.15, -0.1) is 0 Å². The molecule has 3 heterocycles. The van der Waals surface area contributed by atoms with Gasteiger partial charge in [-0.05, 0) is 17.7 Å². The van der Waals surface area contributed by atoms with Crippen molar-refractivity contribution in [2.75, 3.05) is 32.7 Å². The molecule has 2 amide bonds. The van der Waals surface area contributed by atoms with E-state index in [1.807, 2.05) is 14.1 Å². The van der Waals surface area contributed by atoms with Gasteiger partial charge in [-0.2, -0.15) is 0 Å². The minimum Gasteiger partial charge on any atom is -0.497 e. The monoisotopic (exact) mass is 513 g/mol. The Kier molecular flexibility index (Phi) is 7.86. The summed E-state index contributed by atoms with van der Waals surface area (Å²) in [6.45, 7) is 0.870. The van der Waals surface area contributed by atoms with E-state index in [0.717, 1.165) is 5.56 Å². The molecule has 4 N–H and O–H groups in total. The molecular weight excluding hydrogens is 482 g/mol. The van der Waals surface area contributed by atoms with Gasteiger partial charge in [0.25, 0.3) is 0 Å². The molecule has 1 saturated heterocycles. The lowest BCUT2D eigenvalue weighted by molar-refractivity contribution is -0.129. The predicted molar refractivity (Wildman–Crippen MR) is 133 cm³/mol.